The predicted octanol–water partition coefficient (Wildman–Crippen LogP) is 1.53. The molecule has 1 fully saturated rings. The van der Waals surface area contributed by atoms with Gasteiger partial charge >= 0.3 is 0 Å². The highest BCUT2D eigenvalue weighted by atomic mass is 16.3. The van der Waals surface area contributed by atoms with E-state index in [1.807, 2.05) is 31.2 Å². The van der Waals surface area contributed by atoms with Crippen molar-refractivity contribution in [2.45, 2.75) is 32.4 Å². The zero-order valence-electron chi connectivity index (χ0n) is 13.2. The van der Waals surface area contributed by atoms with Crippen molar-refractivity contribution in [1.82, 2.24) is 14.5 Å². The van der Waals surface area contributed by atoms with Gasteiger partial charge < -0.3 is 5.11 Å². The van der Waals surface area contributed by atoms with Crippen LogP contribution in [0.15, 0.2) is 29.1 Å². The van der Waals surface area contributed by atoms with Crippen molar-refractivity contribution in [3.63, 3.8) is 0 Å². The number of hydrogen-bond donors (Lipinski definition) is 1. The van der Waals surface area contributed by atoms with Crippen LogP contribution >= 0.6 is 0 Å². The van der Waals surface area contributed by atoms with E-state index >= 15 is 0 Å². The Bertz CT molecular complexity index is 723. The molecule has 22 heavy (non-hydrogen) atoms. The highest BCUT2D eigenvalue weighted by Gasteiger charge is 2.24. The molecule has 0 saturated carbocycles. The van der Waals surface area contributed by atoms with Gasteiger partial charge in [-0.15, -0.1) is 0 Å². The van der Waals surface area contributed by atoms with Gasteiger partial charge in [-0.1, -0.05) is 12.1 Å². The van der Waals surface area contributed by atoms with Gasteiger partial charge in [0.25, 0.3) is 5.56 Å². The molecule has 3 rings (SSSR count). The molecule has 0 bridgehead atoms. The van der Waals surface area contributed by atoms with E-state index in [1.54, 1.807) is 11.6 Å². The van der Waals surface area contributed by atoms with Crippen LogP contribution in [-0.2, 0) is 13.6 Å². The number of nitrogens with zero attached hydrogens (tertiary/aromatic N) is 3. The molecule has 1 N–H and O–H groups in total. The van der Waals surface area contributed by atoms with Gasteiger partial charge in [0.15, 0.2) is 0 Å². The smallest absolute Gasteiger partial charge is 0.261 e. The monoisotopic (exact) mass is 301 g/mol. The van der Waals surface area contributed by atoms with Crippen LogP contribution in [0.2, 0.25) is 0 Å². The summed E-state index contributed by atoms with van der Waals surface area (Å²) in [5.41, 5.74) is 0.759. The van der Waals surface area contributed by atoms with Gasteiger partial charge in [0.2, 0.25) is 0 Å². The molecule has 2 heterocycles. The molecule has 1 aromatic heterocycles. The molecule has 1 aromatic carbocycles. The van der Waals surface area contributed by atoms with Crippen molar-refractivity contribution < 1.29 is 5.11 Å². The second-order valence-electron chi connectivity index (χ2n) is 6.29. The van der Waals surface area contributed by atoms with Gasteiger partial charge in [-0.2, -0.15) is 0 Å². The fourth-order valence-electron chi connectivity index (χ4n) is 3.23. The Kier molecular flexibility index (Phi) is 4.27. The molecule has 1 aliphatic rings. The van der Waals surface area contributed by atoms with Crippen molar-refractivity contribution >= 4 is 10.9 Å². The first-order valence-corrected chi connectivity index (χ1v) is 7.91. The molecule has 2 unspecified atom stereocenters. The van der Waals surface area contributed by atoms with E-state index in [1.165, 1.54) is 0 Å². The summed E-state index contributed by atoms with van der Waals surface area (Å²) in [5.74, 6) is 1.10. The topological polar surface area (TPSA) is 58.4 Å². The lowest BCUT2D eigenvalue weighted by Crippen LogP contribution is -2.40. The molecule has 5 nitrogen and oxygen atoms in total. The van der Waals surface area contributed by atoms with Crippen molar-refractivity contribution in [1.29, 1.82) is 0 Å². The standard InChI is InChI=1S/C17H23N3O2/c1-12(21)13-6-5-9-20(10-13)11-16-18-15-8-4-3-7-14(15)17(22)19(16)2/h3-4,7-8,12-13,21H,5-6,9-11H2,1-2H3. The average Bonchev–Trinajstić information content (AvgIpc) is 2.52. The van der Waals surface area contributed by atoms with Crippen LogP contribution in [0.5, 0.6) is 0 Å². The molecule has 2 atom stereocenters. The Balaban J connectivity index is 1.87. The summed E-state index contributed by atoms with van der Waals surface area (Å²) in [4.78, 5) is 19.4. The molecule has 5 heteroatoms. The second-order valence-corrected chi connectivity index (χ2v) is 6.29. The lowest BCUT2D eigenvalue weighted by molar-refractivity contribution is 0.0584. The first kappa shape index (κ1) is 15.2. The number of aliphatic hydroxyl groups excluding tert-OH is 1. The number of para-hydroxylation sites is 1. The van der Waals surface area contributed by atoms with Crippen molar-refractivity contribution in [3.05, 3.63) is 40.4 Å². The SMILES string of the molecule is CC(O)C1CCCN(Cc2nc3ccccc3c(=O)n2C)C1. The third-order valence-electron chi connectivity index (χ3n) is 4.66. The van der Waals surface area contributed by atoms with Crippen molar-refractivity contribution in [3.8, 4) is 0 Å². The Morgan fingerprint density at radius 3 is 2.95 bits per heavy atom. The number of hydrogen-bond acceptors (Lipinski definition) is 4. The van der Waals surface area contributed by atoms with Gasteiger partial charge in [-0.3, -0.25) is 14.3 Å². The summed E-state index contributed by atoms with van der Waals surface area (Å²) in [5, 5.41) is 10.5. The van der Waals surface area contributed by atoms with Crippen LogP contribution in [0.3, 0.4) is 0 Å². The Morgan fingerprint density at radius 2 is 2.18 bits per heavy atom. The van der Waals surface area contributed by atoms with Gasteiger partial charge in [-0.25, -0.2) is 4.98 Å². The van der Waals surface area contributed by atoms with Crippen LogP contribution in [0.4, 0.5) is 0 Å². The maximum atomic E-state index is 12.4. The lowest BCUT2D eigenvalue weighted by atomic mass is 9.93. The van der Waals surface area contributed by atoms with E-state index in [9.17, 15) is 9.90 Å². The minimum atomic E-state index is -0.281. The first-order chi connectivity index (χ1) is 10.6. The molecule has 2 aromatic rings. The van der Waals surface area contributed by atoms with Crippen LogP contribution in [0.1, 0.15) is 25.6 Å². The summed E-state index contributed by atoms with van der Waals surface area (Å²) in [6.07, 6.45) is 1.87. The van der Waals surface area contributed by atoms with Crippen LogP contribution in [0, 0.1) is 5.92 Å². The summed E-state index contributed by atoms with van der Waals surface area (Å²) >= 11 is 0. The number of likely N-dealkylation sites (tertiary alicyclic amines) is 1. The maximum absolute atomic E-state index is 12.4. The van der Waals surface area contributed by atoms with Gasteiger partial charge in [0.05, 0.1) is 23.6 Å². The second kappa shape index (κ2) is 6.18. The van der Waals surface area contributed by atoms with Gasteiger partial charge in [0.1, 0.15) is 5.82 Å². The molecule has 1 aliphatic heterocycles. The van der Waals surface area contributed by atoms with E-state index in [4.69, 9.17) is 0 Å². The highest BCUT2D eigenvalue weighted by Crippen LogP contribution is 2.21. The fraction of sp³-hybridized carbons (Fsp3) is 0.529. The minimum absolute atomic E-state index is 0.00434. The van der Waals surface area contributed by atoms with Crippen molar-refractivity contribution in [2.75, 3.05) is 13.1 Å². The summed E-state index contributed by atoms with van der Waals surface area (Å²) in [7, 11) is 1.78. The van der Waals surface area contributed by atoms with Crippen LogP contribution < -0.4 is 5.56 Å². The molecular weight excluding hydrogens is 278 g/mol. The normalized spacial score (nSPS) is 21.1. The summed E-state index contributed by atoms with van der Waals surface area (Å²) in [6, 6.07) is 7.47. The van der Waals surface area contributed by atoms with Gasteiger partial charge in [-0.05, 0) is 44.4 Å². The number of rotatable bonds is 3. The number of benzene rings is 1. The number of aromatic nitrogens is 2. The zero-order valence-corrected chi connectivity index (χ0v) is 13.2. The van der Waals surface area contributed by atoms with E-state index in [-0.39, 0.29) is 11.7 Å². The van der Waals surface area contributed by atoms with E-state index in [2.05, 4.69) is 9.88 Å². The quantitative estimate of drug-likeness (QED) is 0.934. The zero-order chi connectivity index (χ0) is 15.7. The molecule has 0 aliphatic carbocycles. The van der Waals surface area contributed by atoms with Crippen LogP contribution in [0.25, 0.3) is 10.9 Å². The predicted molar refractivity (Wildman–Crippen MR) is 86.7 cm³/mol. The number of fused-ring (bicyclic) bond motifs is 1. The summed E-state index contributed by atoms with van der Waals surface area (Å²) in [6.45, 7) is 4.37. The highest BCUT2D eigenvalue weighted by molar-refractivity contribution is 5.77. The molecule has 0 spiro atoms. The number of aliphatic hydroxyl groups is 1. The number of piperidine rings is 1. The van der Waals surface area contributed by atoms with E-state index < -0.39 is 0 Å². The Hall–Kier alpha value is -1.72. The molecular formula is C17H23N3O2. The minimum Gasteiger partial charge on any atom is -0.393 e. The summed E-state index contributed by atoms with van der Waals surface area (Å²) < 4.78 is 1.65. The Labute approximate surface area is 130 Å². The maximum Gasteiger partial charge on any atom is 0.261 e. The third kappa shape index (κ3) is 2.91. The van der Waals surface area contributed by atoms with Crippen LogP contribution in [-0.4, -0.2) is 38.8 Å². The Morgan fingerprint density at radius 1 is 1.41 bits per heavy atom. The van der Waals surface area contributed by atoms with E-state index in [0.717, 1.165) is 37.3 Å². The average molecular weight is 301 g/mol. The van der Waals surface area contributed by atoms with Gasteiger partial charge in [0, 0.05) is 13.6 Å². The van der Waals surface area contributed by atoms with Crippen molar-refractivity contribution in [2.24, 2.45) is 13.0 Å². The third-order valence-corrected chi connectivity index (χ3v) is 4.66. The first-order valence-electron chi connectivity index (χ1n) is 7.91. The fourth-order valence-corrected chi connectivity index (χ4v) is 3.23. The lowest BCUT2D eigenvalue weighted by Gasteiger charge is -2.34. The van der Waals surface area contributed by atoms with E-state index in [0.29, 0.717) is 17.8 Å². The molecule has 118 valence electrons. The molecule has 0 radical (unpaired) electrons. The molecule has 0 amide bonds. The largest absolute Gasteiger partial charge is 0.393 e. The molecule has 1 saturated heterocycles.